The summed E-state index contributed by atoms with van der Waals surface area (Å²) in [7, 11) is 0. The molecule has 182 valence electrons. The first-order chi connectivity index (χ1) is 17.5. The zero-order valence-electron chi connectivity index (χ0n) is 20.0. The number of aromatic nitrogens is 6. The van der Waals surface area contributed by atoms with Gasteiger partial charge in [0.05, 0.1) is 17.7 Å². The van der Waals surface area contributed by atoms with E-state index in [0.717, 1.165) is 46.1 Å². The number of rotatable bonds is 5. The van der Waals surface area contributed by atoms with Gasteiger partial charge in [-0.05, 0) is 75.1 Å². The number of pyridine rings is 2. The van der Waals surface area contributed by atoms with E-state index in [1.165, 1.54) is 0 Å². The second-order valence-electron chi connectivity index (χ2n) is 9.75. The Kier molecular flexibility index (Phi) is 5.49. The summed E-state index contributed by atoms with van der Waals surface area (Å²) in [6, 6.07) is 13.1. The van der Waals surface area contributed by atoms with Crippen molar-refractivity contribution in [3.63, 3.8) is 0 Å². The van der Waals surface area contributed by atoms with E-state index < -0.39 is 5.60 Å². The third kappa shape index (κ3) is 4.33. The van der Waals surface area contributed by atoms with Gasteiger partial charge in [-0.1, -0.05) is 0 Å². The molecule has 1 saturated carbocycles. The van der Waals surface area contributed by atoms with Gasteiger partial charge in [0.1, 0.15) is 5.69 Å². The molecule has 1 aromatic carbocycles. The lowest BCUT2D eigenvalue weighted by molar-refractivity contribution is -0.0235. The van der Waals surface area contributed by atoms with Gasteiger partial charge in [-0.25, -0.2) is 4.98 Å². The van der Waals surface area contributed by atoms with Crippen LogP contribution in [0, 0.1) is 6.92 Å². The van der Waals surface area contributed by atoms with Crippen molar-refractivity contribution in [2.75, 3.05) is 0 Å². The number of nitrogens with one attached hydrogen (secondary N) is 2. The maximum Gasteiger partial charge on any atom is 0.251 e. The van der Waals surface area contributed by atoms with Crippen molar-refractivity contribution in [2.24, 2.45) is 0 Å². The molecular weight excluding hydrogens is 454 g/mol. The lowest BCUT2D eigenvalue weighted by Crippen LogP contribution is -2.47. The molecule has 0 radical (unpaired) electrons. The molecule has 3 N–H and O–H groups in total. The predicted molar refractivity (Wildman–Crippen MR) is 136 cm³/mol. The van der Waals surface area contributed by atoms with Crippen LogP contribution in [-0.4, -0.2) is 52.6 Å². The average molecular weight is 482 g/mol. The number of aliphatic hydroxyl groups is 1. The van der Waals surface area contributed by atoms with E-state index in [2.05, 4.69) is 30.6 Å². The van der Waals surface area contributed by atoms with Gasteiger partial charge in [0.25, 0.3) is 5.91 Å². The highest BCUT2D eigenvalue weighted by Gasteiger charge is 2.36. The Morgan fingerprint density at radius 3 is 3.00 bits per heavy atom. The van der Waals surface area contributed by atoms with E-state index in [1.807, 2.05) is 49.5 Å². The highest BCUT2D eigenvalue weighted by Crippen LogP contribution is 2.31. The standard InChI is InChI=1S/C27H27N7O2/c1-17-12-18(8-11-28-17)24-22-13-19(6-7-23(22)31-32-24)26(35)30-21-5-2-9-27(36,14-21)16-34-15-20-4-3-10-29-25(20)33-34/h3-4,6-8,10-13,15,21,36H,2,5,9,14,16H2,1H3,(H,30,35)(H,31,32). The third-order valence-corrected chi connectivity index (χ3v) is 6.94. The second-order valence-corrected chi connectivity index (χ2v) is 9.75. The van der Waals surface area contributed by atoms with Gasteiger partial charge in [0, 0.05) is 52.2 Å². The van der Waals surface area contributed by atoms with Crippen molar-refractivity contribution in [1.29, 1.82) is 0 Å². The van der Waals surface area contributed by atoms with Crippen LogP contribution in [0.2, 0.25) is 0 Å². The second kappa shape index (κ2) is 8.83. The quantitative estimate of drug-likeness (QED) is 0.351. The van der Waals surface area contributed by atoms with Gasteiger partial charge < -0.3 is 10.4 Å². The van der Waals surface area contributed by atoms with Crippen LogP contribution in [0.15, 0.2) is 61.1 Å². The van der Waals surface area contributed by atoms with Gasteiger partial charge in [0.15, 0.2) is 5.65 Å². The van der Waals surface area contributed by atoms with Crippen LogP contribution < -0.4 is 5.32 Å². The maximum atomic E-state index is 13.2. The Morgan fingerprint density at radius 2 is 2.14 bits per heavy atom. The molecule has 0 saturated heterocycles. The van der Waals surface area contributed by atoms with E-state index in [0.29, 0.717) is 30.6 Å². The monoisotopic (exact) mass is 481 g/mol. The first-order valence-electron chi connectivity index (χ1n) is 12.2. The number of carbonyl (C=O) groups is 1. The molecule has 6 rings (SSSR count). The summed E-state index contributed by atoms with van der Waals surface area (Å²) in [6.07, 6.45) is 8.16. The summed E-state index contributed by atoms with van der Waals surface area (Å²) in [5.41, 5.74) is 3.79. The molecule has 2 unspecified atom stereocenters. The summed E-state index contributed by atoms with van der Waals surface area (Å²) in [5, 5.41) is 28.3. The number of H-pyrrole nitrogens is 1. The van der Waals surface area contributed by atoms with Crippen molar-refractivity contribution in [2.45, 2.75) is 50.8 Å². The molecule has 9 nitrogen and oxygen atoms in total. The molecule has 1 aliphatic rings. The summed E-state index contributed by atoms with van der Waals surface area (Å²) in [5.74, 6) is -0.154. The number of hydrogen-bond acceptors (Lipinski definition) is 6. The molecule has 1 fully saturated rings. The smallest absolute Gasteiger partial charge is 0.251 e. The molecule has 2 atom stereocenters. The fourth-order valence-electron chi connectivity index (χ4n) is 5.23. The number of fused-ring (bicyclic) bond motifs is 2. The molecule has 5 aromatic rings. The predicted octanol–water partition coefficient (Wildman–Crippen LogP) is 3.78. The van der Waals surface area contributed by atoms with Crippen molar-refractivity contribution < 1.29 is 9.90 Å². The summed E-state index contributed by atoms with van der Waals surface area (Å²) in [6.45, 7) is 2.31. The highest BCUT2D eigenvalue weighted by molar-refractivity contribution is 6.01. The first-order valence-corrected chi connectivity index (χ1v) is 12.2. The fraction of sp³-hybridized carbons (Fsp3) is 0.296. The third-order valence-electron chi connectivity index (χ3n) is 6.94. The van der Waals surface area contributed by atoms with Gasteiger partial charge in [0.2, 0.25) is 0 Å². The minimum atomic E-state index is -0.945. The number of nitrogens with zero attached hydrogens (tertiary/aromatic N) is 5. The number of amides is 1. The Morgan fingerprint density at radius 1 is 1.22 bits per heavy atom. The lowest BCUT2D eigenvalue weighted by atomic mass is 9.81. The number of aryl methyl sites for hydroxylation is 1. The first kappa shape index (κ1) is 22.4. The summed E-state index contributed by atoms with van der Waals surface area (Å²) >= 11 is 0. The fourth-order valence-corrected chi connectivity index (χ4v) is 5.23. The van der Waals surface area contributed by atoms with Gasteiger partial charge in [-0.2, -0.15) is 10.2 Å². The van der Waals surface area contributed by atoms with Gasteiger partial charge in [-0.3, -0.25) is 19.6 Å². The zero-order valence-corrected chi connectivity index (χ0v) is 20.0. The SMILES string of the molecule is Cc1cc(-c2n[nH]c3ccc(C(=O)NC4CCCC(O)(Cn5cc6cccnc6n5)C4)cc23)ccn1. The minimum absolute atomic E-state index is 0.123. The Balaban J connectivity index is 1.18. The van der Waals surface area contributed by atoms with Crippen molar-refractivity contribution in [3.8, 4) is 11.3 Å². The Labute approximate surface area is 207 Å². The van der Waals surface area contributed by atoms with E-state index in [4.69, 9.17) is 0 Å². The Hall–Kier alpha value is -4.11. The van der Waals surface area contributed by atoms with Crippen LogP contribution >= 0.6 is 0 Å². The van der Waals surface area contributed by atoms with Crippen LogP contribution in [0.1, 0.15) is 41.7 Å². The molecule has 0 spiro atoms. The molecular formula is C27H27N7O2. The van der Waals surface area contributed by atoms with E-state index in [1.54, 1.807) is 23.1 Å². The van der Waals surface area contributed by atoms with Crippen LogP contribution in [-0.2, 0) is 6.54 Å². The van der Waals surface area contributed by atoms with E-state index >= 15 is 0 Å². The van der Waals surface area contributed by atoms with Crippen LogP contribution in [0.4, 0.5) is 0 Å². The average Bonchev–Trinajstić information content (AvgIpc) is 3.46. The summed E-state index contributed by atoms with van der Waals surface area (Å²) in [4.78, 5) is 21.7. The zero-order chi connectivity index (χ0) is 24.7. The van der Waals surface area contributed by atoms with Gasteiger partial charge >= 0.3 is 0 Å². The molecule has 1 aliphatic carbocycles. The normalized spacial score (nSPS) is 20.1. The minimum Gasteiger partial charge on any atom is -0.388 e. The number of carbonyl (C=O) groups excluding carboxylic acids is 1. The van der Waals surface area contributed by atoms with Crippen molar-refractivity contribution >= 4 is 27.8 Å². The molecule has 4 aromatic heterocycles. The molecule has 0 bridgehead atoms. The Bertz CT molecular complexity index is 1540. The molecule has 0 aliphatic heterocycles. The van der Waals surface area contributed by atoms with Crippen LogP contribution in [0.3, 0.4) is 0 Å². The number of aromatic amines is 1. The topological polar surface area (TPSA) is 122 Å². The van der Waals surface area contributed by atoms with E-state index in [-0.39, 0.29) is 11.9 Å². The largest absolute Gasteiger partial charge is 0.388 e. The van der Waals surface area contributed by atoms with E-state index in [9.17, 15) is 9.90 Å². The van der Waals surface area contributed by atoms with Gasteiger partial charge in [-0.15, -0.1) is 0 Å². The van der Waals surface area contributed by atoms with Crippen molar-refractivity contribution in [1.82, 2.24) is 35.3 Å². The molecule has 36 heavy (non-hydrogen) atoms. The molecule has 1 amide bonds. The van der Waals surface area contributed by atoms with Crippen LogP contribution in [0.5, 0.6) is 0 Å². The van der Waals surface area contributed by atoms with Crippen molar-refractivity contribution in [3.05, 3.63) is 72.3 Å². The molecule has 4 heterocycles. The maximum absolute atomic E-state index is 13.2. The number of benzene rings is 1. The number of hydrogen-bond donors (Lipinski definition) is 3. The lowest BCUT2D eigenvalue weighted by Gasteiger charge is -2.37. The highest BCUT2D eigenvalue weighted by atomic mass is 16.3. The van der Waals surface area contributed by atoms with Crippen LogP contribution in [0.25, 0.3) is 33.2 Å². The summed E-state index contributed by atoms with van der Waals surface area (Å²) < 4.78 is 1.76. The molecule has 9 heteroatoms.